The Labute approximate surface area is 150 Å². The summed E-state index contributed by atoms with van der Waals surface area (Å²) in [5.74, 6) is 0.130. The lowest BCUT2D eigenvalue weighted by molar-refractivity contribution is 0.468. The molecule has 2 aromatic heterocycles. The molecule has 3 N–H and O–H groups in total. The lowest BCUT2D eigenvalue weighted by Gasteiger charge is -2.09. The molecule has 5 heteroatoms. The van der Waals surface area contributed by atoms with Gasteiger partial charge in [-0.2, -0.15) is 0 Å². The summed E-state index contributed by atoms with van der Waals surface area (Å²) in [6, 6.07) is 13.2. The minimum Gasteiger partial charge on any atom is -0.508 e. The number of phenolic OH excluding ortho intramolecular Hbond substituents is 1. The Morgan fingerprint density at radius 3 is 2.85 bits per heavy atom. The van der Waals surface area contributed by atoms with E-state index in [2.05, 4.69) is 22.4 Å². The topological polar surface area (TPSA) is 78.3 Å². The highest BCUT2D eigenvalue weighted by molar-refractivity contribution is 5.85. The SMILES string of the molecule is Cc1c(O)ccc2c(CNCCc3c[nH]c4ccccc34)cc(=O)oc12. The number of aromatic amines is 1. The Morgan fingerprint density at radius 2 is 1.96 bits per heavy atom. The fraction of sp³-hybridized carbons (Fsp3) is 0.190. The maximum Gasteiger partial charge on any atom is 0.336 e. The summed E-state index contributed by atoms with van der Waals surface area (Å²) >= 11 is 0. The highest BCUT2D eigenvalue weighted by atomic mass is 16.4. The number of aromatic hydroxyl groups is 1. The number of phenols is 1. The molecule has 0 saturated heterocycles. The molecule has 0 aliphatic heterocycles. The van der Waals surface area contributed by atoms with Crippen LogP contribution in [-0.2, 0) is 13.0 Å². The van der Waals surface area contributed by atoms with Crippen molar-refractivity contribution in [2.75, 3.05) is 6.54 Å². The molecule has 0 spiro atoms. The molecule has 0 radical (unpaired) electrons. The van der Waals surface area contributed by atoms with Gasteiger partial charge in [-0.15, -0.1) is 0 Å². The zero-order valence-corrected chi connectivity index (χ0v) is 14.5. The molecule has 0 unspecified atom stereocenters. The fourth-order valence-corrected chi connectivity index (χ4v) is 3.35. The maximum absolute atomic E-state index is 11.9. The molecule has 2 heterocycles. The fourth-order valence-electron chi connectivity index (χ4n) is 3.35. The Morgan fingerprint density at radius 1 is 1.12 bits per heavy atom. The van der Waals surface area contributed by atoms with Crippen molar-refractivity contribution in [3.8, 4) is 5.75 Å². The van der Waals surface area contributed by atoms with Gasteiger partial charge < -0.3 is 19.8 Å². The Hall–Kier alpha value is -3.05. The molecule has 0 amide bonds. The first-order valence-electron chi connectivity index (χ1n) is 8.64. The third kappa shape index (κ3) is 2.97. The third-order valence-corrected chi connectivity index (χ3v) is 4.78. The monoisotopic (exact) mass is 348 g/mol. The van der Waals surface area contributed by atoms with E-state index >= 15 is 0 Å². The van der Waals surface area contributed by atoms with Gasteiger partial charge in [0.15, 0.2) is 0 Å². The van der Waals surface area contributed by atoms with Crippen molar-refractivity contribution in [1.29, 1.82) is 0 Å². The van der Waals surface area contributed by atoms with Crippen LogP contribution in [-0.4, -0.2) is 16.6 Å². The number of benzene rings is 2. The number of hydrogen-bond donors (Lipinski definition) is 3. The lowest BCUT2D eigenvalue weighted by Crippen LogP contribution is -2.18. The van der Waals surface area contributed by atoms with Crippen molar-refractivity contribution in [3.05, 3.63) is 75.8 Å². The van der Waals surface area contributed by atoms with Crippen LogP contribution in [0.1, 0.15) is 16.7 Å². The molecule has 0 saturated carbocycles. The van der Waals surface area contributed by atoms with Gasteiger partial charge in [-0.1, -0.05) is 18.2 Å². The molecule has 4 aromatic rings. The number of H-pyrrole nitrogens is 1. The molecule has 2 aromatic carbocycles. The van der Waals surface area contributed by atoms with Crippen LogP contribution in [0.25, 0.3) is 21.9 Å². The van der Waals surface area contributed by atoms with Crippen molar-refractivity contribution < 1.29 is 9.52 Å². The van der Waals surface area contributed by atoms with E-state index in [1.165, 1.54) is 17.0 Å². The summed E-state index contributed by atoms with van der Waals surface area (Å²) in [6.45, 7) is 3.10. The lowest BCUT2D eigenvalue weighted by atomic mass is 10.1. The molecule has 0 bridgehead atoms. The van der Waals surface area contributed by atoms with Gasteiger partial charge in [0.25, 0.3) is 0 Å². The highest BCUT2D eigenvalue weighted by Crippen LogP contribution is 2.27. The van der Waals surface area contributed by atoms with E-state index in [1.54, 1.807) is 19.1 Å². The standard InChI is InChI=1S/C21H20N2O3/c1-13-19(24)7-6-17-15(10-20(25)26-21(13)17)11-22-9-8-14-12-23-18-5-3-2-4-16(14)18/h2-7,10,12,22-24H,8-9,11H2,1H3. The van der Waals surface area contributed by atoms with Crippen molar-refractivity contribution in [1.82, 2.24) is 10.3 Å². The number of para-hydroxylation sites is 1. The van der Waals surface area contributed by atoms with E-state index in [9.17, 15) is 9.90 Å². The largest absolute Gasteiger partial charge is 0.508 e. The summed E-state index contributed by atoms with van der Waals surface area (Å²) < 4.78 is 5.28. The van der Waals surface area contributed by atoms with Crippen LogP contribution in [0.3, 0.4) is 0 Å². The molecule has 5 nitrogen and oxygen atoms in total. The van der Waals surface area contributed by atoms with Gasteiger partial charge >= 0.3 is 5.63 Å². The first-order valence-corrected chi connectivity index (χ1v) is 8.64. The number of rotatable bonds is 5. The minimum atomic E-state index is -0.403. The maximum atomic E-state index is 11.9. The second-order valence-corrected chi connectivity index (χ2v) is 6.46. The van der Waals surface area contributed by atoms with Crippen LogP contribution in [0.15, 0.2) is 57.9 Å². The van der Waals surface area contributed by atoms with Crippen molar-refractivity contribution in [2.45, 2.75) is 19.9 Å². The number of fused-ring (bicyclic) bond motifs is 2. The van der Waals surface area contributed by atoms with E-state index in [0.29, 0.717) is 17.7 Å². The van der Waals surface area contributed by atoms with Gasteiger partial charge in [0.1, 0.15) is 11.3 Å². The predicted molar refractivity (Wildman–Crippen MR) is 103 cm³/mol. The number of aromatic nitrogens is 1. The zero-order valence-electron chi connectivity index (χ0n) is 14.5. The molecule has 0 aliphatic carbocycles. The molecular weight excluding hydrogens is 328 g/mol. The summed E-state index contributed by atoms with van der Waals surface area (Å²) in [6.07, 6.45) is 2.94. The summed E-state index contributed by atoms with van der Waals surface area (Å²) in [7, 11) is 0. The van der Waals surface area contributed by atoms with Gasteiger partial charge in [0.2, 0.25) is 0 Å². The van der Waals surface area contributed by atoms with Gasteiger partial charge in [0, 0.05) is 40.7 Å². The van der Waals surface area contributed by atoms with Gasteiger partial charge in [-0.05, 0) is 49.2 Å². The Bertz CT molecular complexity index is 1140. The first-order chi connectivity index (χ1) is 12.6. The number of nitrogens with one attached hydrogen (secondary N) is 2. The van der Waals surface area contributed by atoms with Crippen LogP contribution >= 0.6 is 0 Å². The summed E-state index contributed by atoms with van der Waals surface area (Å²) in [4.78, 5) is 15.1. The van der Waals surface area contributed by atoms with Crippen LogP contribution < -0.4 is 10.9 Å². The first kappa shape index (κ1) is 16.4. The quantitative estimate of drug-likeness (QED) is 0.380. The second-order valence-electron chi connectivity index (χ2n) is 6.46. The van der Waals surface area contributed by atoms with E-state index < -0.39 is 5.63 Å². The van der Waals surface area contributed by atoms with Crippen LogP contribution in [0.4, 0.5) is 0 Å². The van der Waals surface area contributed by atoms with Crippen LogP contribution in [0, 0.1) is 6.92 Å². The molecule has 0 fully saturated rings. The van der Waals surface area contributed by atoms with Crippen molar-refractivity contribution in [3.63, 3.8) is 0 Å². The van der Waals surface area contributed by atoms with E-state index in [-0.39, 0.29) is 5.75 Å². The summed E-state index contributed by atoms with van der Waals surface area (Å²) in [5.41, 5.74) is 3.92. The zero-order chi connectivity index (χ0) is 18.1. The Balaban J connectivity index is 1.50. The normalized spacial score (nSPS) is 11.4. The average Bonchev–Trinajstić information content (AvgIpc) is 3.05. The van der Waals surface area contributed by atoms with Crippen LogP contribution in [0.5, 0.6) is 5.75 Å². The number of aryl methyl sites for hydroxylation is 1. The number of hydrogen-bond acceptors (Lipinski definition) is 4. The van der Waals surface area contributed by atoms with Gasteiger partial charge in [0.05, 0.1) is 0 Å². The van der Waals surface area contributed by atoms with Gasteiger partial charge in [-0.3, -0.25) is 0 Å². The van der Waals surface area contributed by atoms with E-state index in [0.717, 1.165) is 29.4 Å². The van der Waals surface area contributed by atoms with Crippen LogP contribution in [0.2, 0.25) is 0 Å². The molecule has 132 valence electrons. The molecule has 0 atom stereocenters. The third-order valence-electron chi connectivity index (χ3n) is 4.78. The Kier molecular flexibility index (Phi) is 4.22. The van der Waals surface area contributed by atoms with Crippen molar-refractivity contribution in [2.24, 2.45) is 0 Å². The second kappa shape index (κ2) is 6.69. The average molecular weight is 348 g/mol. The molecular formula is C21H20N2O3. The van der Waals surface area contributed by atoms with Crippen molar-refractivity contribution >= 4 is 21.9 Å². The van der Waals surface area contributed by atoms with Gasteiger partial charge in [-0.25, -0.2) is 4.79 Å². The highest BCUT2D eigenvalue weighted by Gasteiger charge is 2.10. The van der Waals surface area contributed by atoms with E-state index in [4.69, 9.17) is 4.42 Å². The van der Waals surface area contributed by atoms with E-state index in [1.807, 2.05) is 18.3 Å². The smallest absolute Gasteiger partial charge is 0.336 e. The summed E-state index contributed by atoms with van der Waals surface area (Å²) in [5, 5.41) is 15.3. The predicted octanol–water partition coefficient (Wildman–Crippen LogP) is 3.62. The minimum absolute atomic E-state index is 0.130. The molecule has 26 heavy (non-hydrogen) atoms. The molecule has 0 aliphatic rings. The molecule has 4 rings (SSSR count).